The molecule has 1 aromatic carbocycles. The van der Waals surface area contributed by atoms with Crippen molar-refractivity contribution in [3.63, 3.8) is 0 Å². The van der Waals surface area contributed by atoms with Crippen molar-refractivity contribution in [2.24, 2.45) is 0 Å². The third-order valence-electron chi connectivity index (χ3n) is 2.19. The van der Waals surface area contributed by atoms with E-state index in [1.54, 1.807) is 6.20 Å². The fourth-order valence-corrected chi connectivity index (χ4v) is 1.57. The van der Waals surface area contributed by atoms with Crippen LogP contribution in [-0.4, -0.2) is 15.2 Å². The minimum Gasteiger partial charge on any atom is -0.339 e. The number of para-hydroxylation sites is 1. The molecular formula is C11H11ClN4. The van der Waals surface area contributed by atoms with Crippen LogP contribution in [0.1, 0.15) is 12.5 Å². The molecule has 16 heavy (non-hydrogen) atoms. The van der Waals surface area contributed by atoms with Gasteiger partial charge in [0.05, 0.1) is 6.20 Å². The van der Waals surface area contributed by atoms with E-state index in [1.165, 1.54) is 5.56 Å². The highest BCUT2D eigenvalue weighted by molar-refractivity contribution is 6.28. The first-order valence-electron chi connectivity index (χ1n) is 4.99. The van der Waals surface area contributed by atoms with Gasteiger partial charge in [-0.2, -0.15) is 10.1 Å². The molecule has 1 heterocycles. The monoisotopic (exact) mass is 234 g/mol. The Balaban J connectivity index is 2.26. The molecular weight excluding hydrogens is 224 g/mol. The highest BCUT2D eigenvalue weighted by atomic mass is 35.5. The lowest BCUT2D eigenvalue weighted by molar-refractivity contribution is 0.973. The van der Waals surface area contributed by atoms with Crippen LogP contribution in [0.25, 0.3) is 0 Å². The normalized spacial score (nSPS) is 10.1. The molecule has 2 aromatic rings. The predicted octanol–water partition coefficient (Wildman–Crippen LogP) is 2.83. The van der Waals surface area contributed by atoms with Crippen LogP contribution in [0.4, 0.5) is 11.5 Å². The first-order valence-corrected chi connectivity index (χ1v) is 5.37. The Morgan fingerprint density at radius 1 is 1.31 bits per heavy atom. The Hall–Kier alpha value is -1.68. The van der Waals surface area contributed by atoms with Gasteiger partial charge in [-0.25, -0.2) is 0 Å². The molecule has 1 aromatic heterocycles. The maximum absolute atomic E-state index is 5.66. The zero-order chi connectivity index (χ0) is 11.4. The quantitative estimate of drug-likeness (QED) is 0.887. The van der Waals surface area contributed by atoms with Gasteiger partial charge in [-0.05, 0) is 29.7 Å². The molecule has 1 N–H and O–H groups in total. The Morgan fingerprint density at radius 3 is 2.88 bits per heavy atom. The van der Waals surface area contributed by atoms with Gasteiger partial charge in [0.25, 0.3) is 0 Å². The Labute approximate surface area is 98.7 Å². The predicted molar refractivity (Wildman–Crippen MR) is 63.9 cm³/mol. The number of nitrogens with zero attached hydrogens (tertiary/aromatic N) is 3. The van der Waals surface area contributed by atoms with Crippen molar-refractivity contribution in [3.05, 3.63) is 41.3 Å². The molecule has 0 aliphatic rings. The summed E-state index contributed by atoms with van der Waals surface area (Å²) in [4.78, 5) is 4.02. The molecule has 0 saturated heterocycles. The van der Waals surface area contributed by atoms with Gasteiger partial charge in [-0.1, -0.05) is 25.1 Å². The Morgan fingerprint density at radius 2 is 2.12 bits per heavy atom. The van der Waals surface area contributed by atoms with Crippen molar-refractivity contribution in [1.82, 2.24) is 15.2 Å². The average molecular weight is 235 g/mol. The zero-order valence-corrected chi connectivity index (χ0v) is 9.57. The number of benzene rings is 1. The van der Waals surface area contributed by atoms with Gasteiger partial charge in [-0.3, -0.25) is 0 Å². The van der Waals surface area contributed by atoms with Crippen LogP contribution in [0.2, 0.25) is 5.28 Å². The fourth-order valence-electron chi connectivity index (χ4n) is 1.43. The van der Waals surface area contributed by atoms with Gasteiger partial charge in [0.2, 0.25) is 5.28 Å². The molecule has 0 saturated carbocycles. The Kier molecular flexibility index (Phi) is 3.31. The number of aromatic nitrogens is 3. The number of halogens is 1. The first-order chi connectivity index (χ1) is 7.79. The van der Waals surface area contributed by atoms with Crippen molar-refractivity contribution in [3.8, 4) is 0 Å². The molecule has 5 heteroatoms. The molecule has 0 atom stereocenters. The summed E-state index contributed by atoms with van der Waals surface area (Å²) in [6, 6.07) is 8.04. The smallest absolute Gasteiger partial charge is 0.244 e. The lowest BCUT2D eigenvalue weighted by atomic mass is 10.1. The standard InChI is InChI=1S/C11H11ClN4/c1-2-8-5-3-4-6-9(8)14-10-7-13-16-11(12)15-10/h3-7H,2H2,1H3,(H,14,15,16). The summed E-state index contributed by atoms with van der Waals surface area (Å²) < 4.78 is 0. The van der Waals surface area contributed by atoms with E-state index in [2.05, 4.69) is 33.5 Å². The van der Waals surface area contributed by atoms with Crippen LogP contribution in [0, 0.1) is 0 Å². The summed E-state index contributed by atoms with van der Waals surface area (Å²) in [7, 11) is 0. The Bertz CT molecular complexity index is 487. The molecule has 0 spiro atoms. The van der Waals surface area contributed by atoms with Crippen LogP contribution >= 0.6 is 11.6 Å². The summed E-state index contributed by atoms with van der Waals surface area (Å²) in [5.74, 6) is 0.598. The molecule has 0 fully saturated rings. The summed E-state index contributed by atoms with van der Waals surface area (Å²) >= 11 is 5.66. The molecule has 82 valence electrons. The number of hydrogen-bond donors (Lipinski definition) is 1. The average Bonchev–Trinajstić information content (AvgIpc) is 2.30. The van der Waals surface area contributed by atoms with Crippen molar-refractivity contribution in [2.75, 3.05) is 5.32 Å². The van der Waals surface area contributed by atoms with Crippen LogP contribution in [0.5, 0.6) is 0 Å². The summed E-state index contributed by atoms with van der Waals surface area (Å²) in [5.41, 5.74) is 2.24. The van der Waals surface area contributed by atoms with Crippen LogP contribution in [0.3, 0.4) is 0 Å². The summed E-state index contributed by atoms with van der Waals surface area (Å²) in [6.45, 7) is 2.10. The highest BCUT2D eigenvalue weighted by Gasteiger charge is 2.02. The van der Waals surface area contributed by atoms with Crippen LogP contribution in [-0.2, 0) is 6.42 Å². The number of anilines is 2. The molecule has 0 amide bonds. The third kappa shape index (κ3) is 2.46. The van der Waals surface area contributed by atoms with Gasteiger partial charge in [0.15, 0.2) is 5.82 Å². The summed E-state index contributed by atoms with van der Waals surface area (Å²) in [5, 5.41) is 10.6. The van der Waals surface area contributed by atoms with Crippen molar-refractivity contribution < 1.29 is 0 Å². The molecule has 0 aliphatic carbocycles. The van der Waals surface area contributed by atoms with Crippen molar-refractivity contribution in [2.45, 2.75) is 13.3 Å². The second-order valence-electron chi connectivity index (χ2n) is 3.25. The lowest BCUT2D eigenvalue weighted by Crippen LogP contribution is -1.99. The van der Waals surface area contributed by atoms with Gasteiger partial charge < -0.3 is 5.32 Å². The second kappa shape index (κ2) is 4.90. The minimum atomic E-state index is 0.138. The van der Waals surface area contributed by atoms with Gasteiger partial charge in [-0.15, -0.1) is 5.10 Å². The van der Waals surface area contributed by atoms with E-state index in [1.807, 2.05) is 18.2 Å². The van der Waals surface area contributed by atoms with Gasteiger partial charge in [0.1, 0.15) is 0 Å². The van der Waals surface area contributed by atoms with Crippen molar-refractivity contribution in [1.29, 1.82) is 0 Å². The fraction of sp³-hybridized carbons (Fsp3) is 0.182. The molecule has 4 nitrogen and oxygen atoms in total. The second-order valence-corrected chi connectivity index (χ2v) is 3.58. The van der Waals surface area contributed by atoms with E-state index in [-0.39, 0.29) is 5.28 Å². The topological polar surface area (TPSA) is 50.7 Å². The SMILES string of the molecule is CCc1ccccc1Nc1cnnc(Cl)n1. The number of aryl methyl sites for hydroxylation is 1. The number of hydrogen-bond acceptors (Lipinski definition) is 4. The van der Waals surface area contributed by atoms with E-state index < -0.39 is 0 Å². The van der Waals surface area contributed by atoms with E-state index in [0.717, 1.165) is 12.1 Å². The molecule has 2 rings (SSSR count). The molecule has 0 bridgehead atoms. The third-order valence-corrected chi connectivity index (χ3v) is 2.35. The van der Waals surface area contributed by atoms with E-state index >= 15 is 0 Å². The number of rotatable bonds is 3. The van der Waals surface area contributed by atoms with Gasteiger partial charge in [0, 0.05) is 5.69 Å². The highest BCUT2D eigenvalue weighted by Crippen LogP contribution is 2.19. The maximum Gasteiger partial charge on any atom is 0.244 e. The lowest BCUT2D eigenvalue weighted by Gasteiger charge is -2.09. The van der Waals surface area contributed by atoms with E-state index in [4.69, 9.17) is 11.6 Å². The van der Waals surface area contributed by atoms with Crippen LogP contribution in [0.15, 0.2) is 30.5 Å². The van der Waals surface area contributed by atoms with E-state index in [9.17, 15) is 0 Å². The van der Waals surface area contributed by atoms with Gasteiger partial charge >= 0.3 is 0 Å². The summed E-state index contributed by atoms with van der Waals surface area (Å²) in [6.07, 6.45) is 2.49. The minimum absolute atomic E-state index is 0.138. The van der Waals surface area contributed by atoms with E-state index in [0.29, 0.717) is 5.82 Å². The molecule has 0 aliphatic heterocycles. The molecule has 0 radical (unpaired) electrons. The number of nitrogens with one attached hydrogen (secondary N) is 1. The van der Waals surface area contributed by atoms with Crippen molar-refractivity contribution >= 4 is 23.1 Å². The molecule has 0 unspecified atom stereocenters. The zero-order valence-electron chi connectivity index (χ0n) is 8.81. The first kappa shape index (κ1) is 10.8. The maximum atomic E-state index is 5.66. The largest absolute Gasteiger partial charge is 0.339 e. The van der Waals surface area contributed by atoms with Crippen LogP contribution < -0.4 is 5.32 Å².